The van der Waals surface area contributed by atoms with Gasteiger partial charge >= 0.3 is 0 Å². The average molecular weight is 338 g/mol. The second kappa shape index (κ2) is 7.63. The Morgan fingerprint density at radius 1 is 1.18 bits per heavy atom. The molecular formula is C17H19Cl2N2O+. The van der Waals surface area contributed by atoms with E-state index in [-0.39, 0.29) is 5.91 Å². The van der Waals surface area contributed by atoms with Gasteiger partial charge in [0.1, 0.15) is 6.54 Å². The van der Waals surface area contributed by atoms with E-state index >= 15 is 0 Å². The van der Waals surface area contributed by atoms with Crippen molar-refractivity contribution >= 4 is 34.8 Å². The molecule has 1 amide bonds. The van der Waals surface area contributed by atoms with Crippen molar-refractivity contribution in [3.8, 4) is 0 Å². The number of quaternary nitrogens is 1. The van der Waals surface area contributed by atoms with Gasteiger partial charge in [-0.05, 0) is 30.7 Å². The van der Waals surface area contributed by atoms with Crippen LogP contribution in [0.4, 0.5) is 5.69 Å². The normalized spacial score (nSPS) is 12.0. The molecule has 0 radical (unpaired) electrons. The van der Waals surface area contributed by atoms with Crippen LogP contribution in [-0.4, -0.2) is 19.5 Å². The van der Waals surface area contributed by atoms with Gasteiger partial charge in [-0.2, -0.15) is 0 Å². The third-order valence-corrected chi connectivity index (χ3v) is 3.98. The maximum absolute atomic E-state index is 12.1. The minimum atomic E-state index is -0.0168. The van der Waals surface area contributed by atoms with Crippen molar-refractivity contribution in [2.45, 2.75) is 13.5 Å². The number of rotatable bonds is 5. The number of para-hydroxylation sites is 1. The zero-order valence-electron chi connectivity index (χ0n) is 12.6. The van der Waals surface area contributed by atoms with Crippen LogP contribution in [0.15, 0.2) is 42.5 Å². The molecule has 2 N–H and O–H groups in total. The van der Waals surface area contributed by atoms with Crippen molar-refractivity contribution in [3.63, 3.8) is 0 Å². The molecule has 0 bridgehead atoms. The van der Waals surface area contributed by atoms with Crippen molar-refractivity contribution < 1.29 is 9.69 Å². The molecule has 0 fully saturated rings. The van der Waals surface area contributed by atoms with Crippen molar-refractivity contribution in [1.82, 2.24) is 0 Å². The van der Waals surface area contributed by atoms with Crippen LogP contribution in [0, 0.1) is 6.92 Å². The van der Waals surface area contributed by atoms with Crippen molar-refractivity contribution in [3.05, 3.63) is 63.6 Å². The molecule has 1 atom stereocenters. The quantitative estimate of drug-likeness (QED) is 0.864. The molecule has 0 aliphatic rings. The Bertz CT molecular complexity index is 673. The number of nitrogens with one attached hydrogen (secondary N) is 2. The number of carbonyl (C=O) groups excluding carboxylic acids is 1. The van der Waals surface area contributed by atoms with Crippen molar-refractivity contribution in [2.75, 3.05) is 18.9 Å². The monoisotopic (exact) mass is 337 g/mol. The van der Waals surface area contributed by atoms with Gasteiger partial charge in [-0.25, -0.2) is 0 Å². The number of hydrogen-bond donors (Lipinski definition) is 2. The third kappa shape index (κ3) is 4.73. The van der Waals surface area contributed by atoms with E-state index in [2.05, 4.69) is 5.32 Å². The lowest BCUT2D eigenvalue weighted by molar-refractivity contribution is -0.885. The number of benzene rings is 2. The summed E-state index contributed by atoms with van der Waals surface area (Å²) in [5.41, 5.74) is 2.88. The molecule has 0 saturated heterocycles. The van der Waals surface area contributed by atoms with Gasteiger partial charge < -0.3 is 10.2 Å². The molecule has 0 spiro atoms. The first kappa shape index (κ1) is 16.8. The van der Waals surface area contributed by atoms with E-state index in [1.807, 2.05) is 50.4 Å². The smallest absolute Gasteiger partial charge is 0.279 e. The molecule has 0 aliphatic heterocycles. The predicted octanol–water partition coefficient (Wildman–Crippen LogP) is 2.96. The highest BCUT2D eigenvalue weighted by molar-refractivity contribution is 6.35. The fourth-order valence-electron chi connectivity index (χ4n) is 2.23. The Labute approximate surface area is 140 Å². The standard InChI is InChI=1S/C17H18Cl2N2O/c1-12-5-3-4-6-16(12)20-17(22)11-21(2)10-13-7-8-14(18)9-15(13)19/h3-9H,10-11H2,1-2H3,(H,20,22)/p+1. The molecule has 0 aliphatic carbocycles. The van der Waals surface area contributed by atoms with Crippen molar-refractivity contribution in [2.24, 2.45) is 0 Å². The average Bonchev–Trinajstić information content (AvgIpc) is 2.44. The Morgan fingerprint density at radius 2 is 1.91 bits per heavy atom. The first-order valence-corrected chi connectivity index (χ1v) is 7.82. The van der Waals surface area contributed by atoms with Crippen LogP contribution in [0.25, 0.3) is 0 Å². The number of likely N-dealkylation sites (N-methyl/N-ethyl adjacent to an activating group) is 1. The molecule has 116 valence electrons. The Balaban J connectivity index is 1.92. The maximum atomic E-state index is 12.1. The SMILES string of the molecule is Cc1ccccc1NC(=O)C[NH+](C)Cc1ccc(Cl)cc1Cl. The van der Waals surface area contributed by atoms with Crippen LogP contribution in [-0.2, 0) is 11.3 Å². The van der Waals surface area contributed by atoms with Gasteiger partial charge in [0, 0.05) is 16.3 Å². The minimum Gasteiger partial charge on any atom is -0.326 e. The van der Waals surface area contributed by atoms with E-state index in [9.17, 15) is 4.79 Å². The Kier molecular flexibility index (Phi) is 5.83. The lowest BCUT2D eigenvalue weighted by atomic mass is 10.2. The molecule has 2 aromatic rings. The predicted molar refractivity (Wildman–Crippen MR) is 91.7 cm³/mol. The highest BCUT2D eigenvalue weighted by atomic mass is 35.5. The topological polar surface area (TPSA) is 33.5 Å². The van der Waals surface area contributed by atoms with Gasteiger partial charge in [-0.3, -0.25) is 4.79 Å². The third-order valence-electron chi connectivity index (χ3n) is 3.39. The summed E-state index contributed by atoms with van der Waals surface area (Å²) in [7, 11) is 1.96. The summed E-state index contributed by atoms with van der Waals surface area (Å²) in [6.07, 6.45) is 0. The summed E-state index contributed by atoms with van der Waals surface area (Å²) in [6.45, 7) is 3.00. The Hall–Kier alpha value is -1.55. The maximum Gasteiger partial charge on any atom is 0.279 e. The minimum absolute atomic E-state index is 0.0168. The van der Waals surface area contributed by atoms with Crippen LogP contribution >= 0.6 is 23.2 Å². The number of halogens is 2. The number of hydrogen-bond acceptors (Lipinski definition) is 1. The molecule has 0 saturated carbocycles. The number of aryl methyl sites for hydroxylation is 1. The molecule has 2 rings (SSSR count). The molecule has 0 heterocycles. The van der Waals surface area contributed by atoms with E-state index in [0.717, 1.165) is 21.7 Å². The summed E-state index contributed by atoms with van der Waals surface area (Å²) in [5, 5.41) is 4.18. The largest absolute Gasteiger partial charge is 0.326 e. The second-order valence-electron chi connectivity index (χ2n) is 5.41. The first-order chi connectivity index (χ1) is 10.5. The highest BCUT2D eigenvalue weighted by Crippen LogP contribution is 2.20. The molecule has 1 unspecified atom stereocenters. The summed E-state index contributed by atoms with van der Waals surface area (Å²) >= 11 is 12.0. The summed E-state index contributed by atoms with van der Waals surface area (Å²) in [5.74, 6) is -0.0168. The van der Waals surface area contributed by atoms with Crippen molar-refractivity contribution in [1.29, 1.82) is 0 Å². The highest BCUT2D eigenvalue weighted by Gasteiger charge is 2.13. The lowest BCUT2D eigenvalue weighted by Crippen LogP contribution is -3.08. The van der Waals surface area contributed by atoms with Crippen LogP contribution < -0.4 is 10.2 Å². The molecule has 5 heteroatoms. The van der Waals surface area contributed by atoms with Crippen LogP contribution in [0.1, 0.15) is 11.1 Å². The van der Waals surface area contributed by atoms with Gasteiger partial charge in [0.15, 0.2) is 6.54 Å². The molecule has 2 aromatic carbocycles. The summed E-state index contributed by atoms with van der Waals surface area (Å²) in [4.78, 5) is 13.2. The molecule has 3 nitrogen and oxygen atoms in total. The molecular weight excluding hydrogens is 319 g/mol. The van der Waals surface area contributed by atoms with Gasteiger partial charge in [0.05, 0.1) is 12.1 Å². The van der Waals surface area contributed by atoms with E-state index in [0.29, 0.717) is 23.1 Å². The second-order valence-corrected chi connectivity index (χ2v) is 6.25. The first-order valence-electron chi connectivity index (χ1n) is 7.06. The van der Waals surface area contributed by atoms with Crippen LogP contribution in [0.3, 0.4) is 0 Å². The fourth-order valence-corrected chi connectivity index (χ4v) is 2.71. The Morgan fingerprint density at radius 3 is 2.59 bits per heavy atom. The lowest BCUT2D eigenvalue weighted by Gasteiger charge is -2.15. The van der Waals surface area contributed by atoms with Gasteiger partial charge in [-0.1, -0.05) is 47.5 Å². The van der Waals surface area contributed by atoms with Gasteiger partial charge in [-0.15, -0.1) is 0 Å². The van der Waals surface area contributed by atoms with Gasteiger partial charge in [0.2, 0.25) is 0 Å². The van der Waals surface area contributed by atoms with Crippen LogP contribution in [0.2, 0.25) is 10.0 Å². The van der Waals surface area contributed by atoms with Crippen LogP contribution in [0.5, 0.6) is 0 Å². The number of amides is 1. The zero-order valence-corrected chi connectivity index (χ0v) is 14.1. The van der Waals surface area contributed by atoms with E-state index in [1.165, 1.54) is 0 Å². The van der Waals surface area contributed by atoms with E-state index in [4.69, 9.17) is 23.2 Å². The van der Waals surface area contributed by atoms with E-state index < -0.39 is 0 Å². The number of anilines is 1. The summed E-state index contributed by atoms with van der Waals surface area (Å²) < 4.78 is 0. The molecule has 0 aromatic heterocycles. The number of carbonyl (C=O) groups is 1. The summed E-state index contributed by atoms with van der Waals surface area (Å²) in [6, 6.07) is 13.2. The van der Waals surface area contributed by atoms with Gasteiger partial charge in [0.25, 0.3) is 5.91 Å². The fraction of sp³-hybridized carbons (Fsp3) is 0.235. The molecule has 22 heavy (non-hydrogen) atoms. The van der Waals surface area contributed by atoms with E-state index in [1.54, 1.807) is 6.07 Å². The zero-order chi connectivity index (χ0) is 16.1.